The molecule has 0 spiro atoms. The molecular formula is C16H19BrFNS. The van der Waals surface area contributed by atoms with Crippen LogP contribution in [0.5, 0.6) is 0 Å². The average molecular weight is 356 g/mol. The van der Waals surface area contributed by atoms with E-state index in [2.05, 4.69) is 47.2 Å². The zero-order valence-corrected chi connectivity index (χ0v) is 14.2. The first-order valence-electron chi connectivity index (χ1n) is 6.94. The predicted molar refractivity (Wildman–Crippen MR) is 88.7 cm³/mol. The van der Waals surface area contributed by atoms with Gasteiger partial charge in [-0.1, -0.05) is 19.9 Å². The molecule has 0 amide bonds. The lowest BCUT2D eigenvalue weighted by molar-refractivity contribution is 0.525. The second-order valence-corrected chi connectivity index (χ2v) is 6.72. The van der Waals surface area contributed by atoms with Gasteiger partial charge in [-0.2, -0.15) is 0 Å². The Morgan fingerprint density at radius 3 is 2.70 bits per heavy atom. The minimum absolute atomic E-state index is 0.214. The number of rotatable bonds is 6. The van der Waals surface area contributed by atoms with Gasteiger partial charge in [0.05, 0.1) is 4.47 Å². The summed E-state index contributed by atoms with van der Waals surface area (Å²) >= 11 is 4.93. The Hall–Kier alpha value is -0.710. The van der Waals surface area contributed by atoms with Gasteiger partial charge >= 0.3 is 0 Å². The molecule has 0 aliphatic heterocycles. The van der Waals surface area contributed by atoms with Crippen LogP contribution in [0.25, 0.3) is 10.4 Å². The number of hydrogen-bond acceptors (Lipinski definition) is 2. The molecule has 1 unspecified atom stereocenters. The molecule has 0 aliphatic carbocycles. The molecule has 2 aromatic rings. The van der Waals surface area contributed by atoms with Crippen LogP contribution in [0.15, 0.2) is 34.8 Å². The summed E-state index contributed by atoms with van der Waals surface area (Å²) < 4.78 is 14.1. The summed E-state index contributed by atoms with van der Waals surface area (Å²) in [6.07, 6.45) is 2.20. The van der Waals surface area contributed by atoms with Crippen molar-refractivity contribution in [3.8, 4) is 10.4 Å². The smallest absolute Gasteiger partial charge is 0.138 e. The van der Waals surface area contributed by atoms with Crippen LogP contribution in [-0.2, 0) is 0 Å². The Bertz CT molecular complexity index is 567. The van der Waals surface area contributed by atoms with Crippen LogP contribution in [-0.4, -0.2) is 6.54 Å². The Labute approximate surface area is 132 Å². The highest BCUT2D eigenvalue weighted by atomic mass is 79.9. The van der Waals surface area contributed by atoms with Gasteiger partial charge in [0.15, 0.2) is 0 Å². The quantitative estimate of drug-likeness (QED) is 0.693. The number of halogens is 2. The van der Waals surface area contributed by atoms with Crippen molar-refractivity contribution in [2.45, 2.75) is 32.7 Å². The van der Waals surface area contributed by atoms with Crippen molar-refractivity contribution >= 4 is 27.3 Å². The van der Waals surface area contributed by atoms with Crippen LogP contribution >= 0.6 is 27.3 Å². The van der Waals surface area contributed by atoms with E-state index in [9.17, 15) is 4.39 Å². The molecule has 0 saturated heterocycles. The molecule has 0 aliphatic rings. The largest absolute Gasteiger partial charge is 0.309 e. The molecular weight excluding hydrogens is 337 g/mol. The summed E-state index contributed by atoms with van der Waals surface area (Å²) in [4.78, 5) is 2.43. The van der Waals surface area contributed by atoms with Crippen LogP contribution in [0.4, 0.5) is 4.39 Å². The zero-order valence-electron chi connectivity index (χ0n) is 11.7. The molecule has 1 aromatic carbocycles. The topological polar surface area (TPSA) is 12.0 Å². The van der Waals surface area contributed by atoms with Crippen molar-refractivity contribution in [1.29, 1.82) is 0 Å². The molecule has 20 heavy (non-hydrogen) atoms. The fourth-order valence-electron chi connectivity index (χ4n) is 2.11. The van der Waals surface area contributed by atoms with Gasteiger partial charge < -0.3 is 5.32 Å². The Kier molecular flexibility index (Phi) is 5.75. The maximum Gasteiger partial charge on any atom is 0.138 e. The molecule has 2 rings (SSSR count). The molecule has 1 aromatic heterocycles. The molecule has 108 valence electrons. The van der Waals surface area contributed by atoms with Crippen molar-refractivity contribution in [1.82, 2.24) is 5.32 Å². The third kappa shape index (κ3) is 3.68. The fourth-order valence-corrected chi connectivity index (χ4v) is 3.52. The highest BCUT2D eigenvalue weighted by Gasteiger charge is 2.12. The van der Waals surface area contributed by atoms with Gasteiger partial charge in [-0.3, -0.25) is 0 Å². The molecule has 1 atom stereocenters. The summed E-state index contributed by atoms with van der Waals surface area (Å²) in [5, 5.41) is 3.55. The monoisotopic (exact) mass is 355 g/mol. The van der Waals surface area contributed by atoms with E-state index in [4.69, 9.17) is 0 Å². The molecule has 0 bridgehead atoms. The number of benzene rings is 1. The molecule has 0 radical (unpaired) electrons. The van der Waals surface area contributed by atoms with Crippen LogP contribution in [0.2, 0.25) is 0 Å². The first-order chi connectivity index (χ1) is 9.65. The fraction of sp³-hybridized carbons (Fsp3) is 0.375. The van der Waals surface area contributed by atoms with Crippen LogP contribution in [0, 0.1) is 5.82 Å². The van der Waals surface area contributed by atoms with Gasteiger partial charge in [0.25, 0.3) is 0 Å². The standard InChI is InChI=1S/C16H19BrFNS/c1-3-9-19-14(4-2)16-8-7-15(20-16)11-5-6-12(17)13(18)10-11/h5-8,10,14,19H,3-4,9H2,1-2H3. The first-order valence-corrected chi connectivity index (χ1v) is 8.55. The summed E-state index contributed by atoms with van der Waals surface area (Å²) in [6, 6.07) is 9.92. The van der Waals surface area contributed by atoms with Crippen molar-refractivity contribution in [2.24, 2.45) is 0 Å². The SMILES string of the molecule is CCCNC(CC)c1ccc(-c2ccc(Br)c(F)c2)s1. The first kappa shape index (κ1) is 15.7. The van der Waals surface area contributed by atoms with E-state index < -0.39 is 0 Å². The second kappa shape index (κ2) is 7.34. The number of hydrogen-bond donors (Lipinski definition) is 1. The maximum atomic E-state index is 13.6. The maximum absolute atomic E-state index is 13.6. The third-order valence-electron chi connectivity index (χ3n) is 3.22. The summed E-state index contributed by atoms with van der Waals surface area (Å²) in [5.41, 5.74) is 0.937. The zero-order chi connectivity index (χ0) is 14.5. The van der Waals surface area contributed by atoms with Gasteiger partial charge in [0.1, 0.15) is 5.82 Å². The third-order valence-corrected chi connectivity index (χ3v) is 5.11. The second-order valence-electron chi connectivity index (χ2n) is 4.75. The van der Waals surface area contributed by atoms with Gasteiger partial charge in [0.2, 0.25) is 0 Å². The Morgan fingerprint density at radius 2 is 2.05 bits per heavy atom. The van der Waals surface area contributed by atoms with E-state index in [-0.39, 0.29) is 5.82 Å². The summed E-state index contributed by atoms with van der Waals surface area (Å²) in [5.74, 6) is -0.214. The van der Waals surface area contributed by atoms with Crippen LogP contribution in [0.3, 0.4) is 0 Å². The van der Waals surface area contributed by atoms with Crippen molar-refractivity contribution in [2.75, 3.05) is 6.54 Å². The van der Waals surface area contributed by atoms with Crippen LogP contribution < -0.4 is 5.32 Å². The van der Waals surface area contributed by atoms with E-state index in [1.54, 1.807) is 23.5 Å². The van der Waals surface area contributed by atoms with E-state index in [0.717, 1.165) is 29.8 Å². The lowest BCUT2D eigenvalue weighted by Gasteiger charge is -2.14. The minimum Gasteiger partial charge on any atom is -0.309 e. The minimum atomic E-state index is -0.214. The lowest BCUT2D eigenvalue weighted by atomic mass is 10.1. The van der Waals surface area contributed by atoms with Gasteiger partial charge in [0, 0.05) is 15.8 Å². The van der Waals surface area contributed by atoms with E-state index in [1.807, 2.05) is 6.07 Å². The van der Waals surface area contributed by atoms with Crippen LogP contribution in [0.1, 0.15) is 37.6 Å². The molecule has 4 heteroatoms. The van der Waals surface area contributed by atoms with Gasteiger partial charge in [-0.15, -0.1) is 11.3 Å². The van der Waals surface area contributed by atoms with Gasteiger partial charge in [-0.25, -0.2) is 4.39 Å². The van der Waals surface area contributed by atoms with Crippen molar-refractivity contribution in [3.63, 3.8) is 0 Å². The van der Waals surface area contributed by atoms with Gasteiger partial charge in [-0.05, 0) is 65.1 Å². The Balaban J connectivity index is 2.20. The molecule has 1 nitrogen and oxygen atoms in total. The lowest BCUT2D eigenvalue weighted by Crippen LogP contribution is -2.20. The number of thiophene rings is 1. The molecule has 1 N–H and O–H groups in total. The summed E-state index contributed by atoms with van der Waals surface area (Å²) in [7, 11) is 0. The summed E-state index contributed by atoms with van der Waals surface area (Å²) in [6.45, 7) is 5.38. The highest BCUT2D eigenvalue weighted by Crippen LogP contribution is 2.33. The normalized spacial score (nSPS) is 12.6. The highest BCUT2D eigenvalue weighted by molar-refractivity contribution is 9.10. The van der Waals surface area contributed by atoms with E-state index >= 15 is 0 Å². The van der Waals surface area contributed by atoms with E-state index in [0.29, 0.717) is 10.5 Å². The molecule has 0 saturated carbocycles. The number of nitrogens with one attached hydrogen (secondary N) is 1. The van der Waals surface area contributed by atoms with Crippen molar-refractivity contribution in [3.05, 3.63) is 45.5 Å². The Morgan fingerprint density at radius 1 is 1.25 bits per heavy atom. The average Bonchev–Trinajstić information content (AvgIpc) is 2.92. The van der Waals surface area contributed by atoms with Crippen molar-refractivity contribution < 1.29 is 4.39 Å². The molecule has 1 heterocycles. The van der Waals surface area contributed by atoms with E-state index in [1.165, 1.54) is 4.88 Å². The molecule has 0 fully saturated rings. The predicted octanol–water partition coefficient (Wildman–Crippen LogP) is 5.77.